The van der Waals surface area contributed by atoms with Crippen molar-refractivity contribution >= 4 is 80.9 Å². The number of H-pyrrole nitrogens is 1. The second kappa shape index (κ2) is 33.0. The zero-order chi connectivity index (χ0) is 66.4. The monoisotopic (exact) mass is 1330 g/mol. The third-order valence-electron chi connectivity index (χ3n) is 14.4. The molecule has 0 radical (unpaired) electrons. The van der Waals surface area contributed by atoms with Crippen LogP contribution in [0.3, 0.4) is 0 Å². The van der Waals surface area contributed by atoms with Crippen molar-refractivity contribution in [3.63, 3.8) is 0 Å². The predicted molar refractivity (Wildman–Crippen MR) is 318 cm³/mol. The van der Waals surface area contributed by atoms with Crippen molar-refractivity contribution < 1.29 is 98.1 Å². The average Bonchev–Trinajstić information content (AvgIpc) is 1.56. The maximum Gasteiger partial charge on any atom is 0.404 e. The normalized spacial score (nSPS) is 24.5. The van der Waals surface area contributed by atoms with Gasteiger partial charge >= 0.3 is 6.09 Å². The van der Waals surface area contributed by atoms with Gasteiger partial charge in [-0.15, -0.1) is 22.7 Å². The minimum atomic E-state index is -2.17. The second-order valence-corrected chi connectivity index (χ2v) is 25.6. The fraction of sp³-hybridized carbons (Fsp3) is 0.615. The number of ether oxygens (including phenoxy) is 5. The number of thiazole rings is 2. The quantitative estimate of drug-likeness (QED) is 0.0165. The number of aromatic amines is 1. The zero-order valence-electron chi connectivity index (χ0n) is 49.6. The van der Waals surface area contributed by atoms with E-state index in [2.05, 4.69) is 69.0 Å². The number of aliphatic hydroxyl groups is 8. The van der Waals surface area contributed by atoms with Gasteiger partial charge in [-0.2, -0.15) is 0 Å². The molecule has 4 aromatic rings. The fourth-order valence-corrected chi connectivity index (χ4v) is 11.6. The highest BCUT2D eigenvalue weighted by molar-refractivity contribution is 7.95. The van der Waals surface area contributed by atoms with Crippen molar-refractivity contribution in [2.24, 2.45) is 23.1 Å². The molecule has 2 saturated heterocycles. The second-order valence-electron chi connectivity index (χ2n) is 21.5. The van der Waals surface area contributed by atoms with Gasteiger partial charge in [0, 0.05) is 48.7 Å². The number of hydrogen-bond donors (Lipinski definition) is 18. The molecule has 0 spiro atoms. The van der Waals surface area contributed by atoms with E-state index in [0.717, 1.165) is 24.7 Å². The summed E-state index contributed by atoms with van der Waals surface area (Å²) in [4.78, 5) is 117. The number of imidazole rings is 1. The van der Waals surface area contributed by atoms with E-state index in [9.17, 15) is 69.6 Å². The van der Waals surface area contributed by atoms with Crippen molar-refractivity contribution in [2.75, 3.05) is 50.3 Å². The van der Waals surface area contributed by atoms with Gasteiger partial charge in [-0.25, -0.2) is 29.7 Å². The summed E-state index contributed by atoms with van der Waals surface area (Å²) < 4.78 is 28.6. The molecule has 0 aliphatic carbocycles. The number of nitrogens with one attached hydrogen (secondary N) is 6. The highest BCUT2D eigenvalue weighted by Crippen LogP contribution is 2.35. The first-order chi connectivity index (χ1) is 42.5. The van der Waals surface area contributed by atoms with Crippen LogP contribution in [0.5, 0.6) is 0 Å². The number of rotatable bonds is 31. The van der Waals surface area contributed by atoms with Crippen molar-refractivity contribution in [1.29, 1.82) is 0 Å². The molecule has 498 valence electrons. The van der Waals surface area contributed by atoms with Crippen molar-refractivity contribution in [2.45, 2.75) is 151 Å². The van der Waals surface area contributed by atoms with Crippen LogP contribution in [-0.2, 0) is 60.2 Å². The zero-order valence-corrected chi connectivity index (χ0v) is 52.1. The number of nitrogens with two attached hydrogens (primary N) is 4. The summed E-state index contributed by atoms with van der Waals surface area (Å²) in [5.41, 5.74) is 22.9. The number of carbonyl (C=O) groups excluding carboxylic acids is 7. The molecule has 90 heavy (non-hydrogen) atoms. The van der Waals surface area contributed by atoms with Gasteiger partial charge in [-0.3, -0.25) is 28.8 Å². The van der Waals surface area contributed by atoms with Crippen LogP contribution in [0.4, 0.5) is 10.6 Å². The van der Waals surface area contributed by atoms with E-state index >= 15 is 4.79 Å². The highest BCUT2D eigenvalue weighted by atomic mass is 32.2. The Hall–Kier alpha value is -6.73. The molecule has 22 N–H and O–H groups in total. The number of hydrogen-bond acceptors (Lipinski definition) is 29. The Morgan fingerprint density at radius 3 is 2.11 bits per heavy atom. The van der Waals surface area contributed by atoms with Gasteiger partial charge in [-0.05, 0) is 31.7 Å². The van der Waals surface area contributed by atoms with Crippen LogP contribution in [0.2, 0.25) is 0 Å². The Morgan fingerprint density at radius 1 is 0.789 bits per heavy atom. The number of aliphatic hydroxyl groups excluding tert-OH is 8. The number of carbonyl (C=O) groups is 7. The summed E-state index contributed by atoms with van der Waals surface area (Å²) in [6.45, 7) is 3.67. The predicted octanol–water partition coefficient (Wildman–Crippen LogP) is -6.15. The average molecular weight is 1330 g/mol. The van der Waals surface area contributed by atoms with Crippen LogP contribution in [0.1, 0.15) is 88.8 Å². The molecule has 6 heterocycles. The molecular formula is C52H78N15O20S3+. The summed E-state index contributed by atoms with van der Waals surface area (Å²) in [6, 6.07) is -6.42. The van der Waals surface area contributed by atoms with Gasteiger partial charge in [0.15, 0.2) is 18.7 Å². The minimum absolute atomic E-state index is 0.0111. The lowest BCUT2D eigenvalue weighted by atomic mass is 9.96. The van der Waals surface area contributed by atoms with E-state index < -0.39 is 171 Å². The van der Waals surface area contributed by atoms with Gasteiger partial charge in [0.1, 0.15) is 100 Å². The Kier molecular flexibility index (Phi) is 26.5. The number of nitrogens with zero attached hydrogens (tertiary/aromatic N) is 5. The van der Waals surface area contributed by atoms with Crippen molar-refractivity contribution in [3.8, 4) is 10.7 Å². The summed E-state index contributed by atoms with van der Waals surface area (Å²) in [7, 11) is 0.262. The van der Waals surface area contributed by atoms with Crippen LogP contribution in [0, 0.1) is 12.8 Å². The lowest BCUT2D eigenvalue weighted by Gasteiger charge is -2.47. The maximum absolute atomic E-state index is 15.0. The summed E-state index contributed by atoms with van der Waals surface area (Å²) in [5, 5.41) is 105. The van der Waals surface area contributed by atoms with E-state index in [1.165, 1.54) is 50.4 Å². The van der Waals surface area contributed by atoms with Crippen LogP contribution in [-0.4, -0.2) is 249 Å². The fourth-order valence-electron chi connectivity index (χ4n) is 9.29. The maximum atomic E-state index is 15.0. The lowest BCUT2D eigenvalue weighted by molar-refractivity contribution is -0.372. The first-order valence-electron chi connectivity index (χ1n) is 28.0. The Bertz CT molecular complexity index is 3070. The molecule has 6 rings (SSSR count). The molecule has 2 aliphatic heterocycles. The molecule has 4 aromatic heterocycles. The Balaban J connectivity index is 1.22. The van der Waals surface area contributed by atoms with Crippen molar-refractivity contribution in [3.05, 3.63) is 56.8 Å². The van der Waals surface area contributed by atoms with Gasteiger partial charge in [0.25, 0.3) is 11.8 Å². The third kappa shape index (κ3) is 18.7. The lowest BCUT2D eigenvalue weighted by Crippen LogP contribution is -2.65. The highest BCUT2D eigenvalue weighted by Gasteiger charge is 2.54. The molecule has 0 bridgehead atoms. The Labute approximate surface area is 525 Å². The van der Waals surface area contributed by atoms with E-state index in [1.54, 1.807) is 10.8 Å². The first-order valence-corrected chi connectivity index (χ1v) is 32.0. The van der Waals surface area contributed by atoms with E-state index in [4.69, 9.17) is 46.6 Å². The summed E-state index contributed by atoms with van der Waals surface area (Å²) in [5.74, 6) is -6.43. The van der Waals surface area contributed by atoms with Gasteiger partial charge in [-0.1, -0.05) is 6.92 Å². The SMILES string of the molecule is Cc1c(N)nc(C(N)CC(N)=O)nc1C(=O)NC(C(=O)NC(C)C(O)C(C)C(=O)NC(C(=O)NCCc1nc(-c2nc(C(=O)NCCC[S+](C)C)cs2)cs1)C(C)O)C(OC1OC(CO)C(O)C(O)C1OC1OC(CO)C(O)C(OC(N)=O)C1O)c1cnc[nH]1. The molecule has 7 amide bonds. The third-order valence-corrected chi connectivity index (χ3v) is 17.2. The van der Waals surface area contributed by atoms with E-state index in [-0.39, 0.29) is 58.4 Å². The molecule has 35 nitrogen and oxygen atoms in total. The number of anilines is 1. The molecule has 38 heteroatoms. The van der Waals surface area contributed by atoms with Gasteiger partial charge in [0.2, 0.25) is 23.6 Å². The topological polar surface area (TPSA) is 572 Å². The molecule has 2 fully saturated rings. The smallest absolute Gasteiger partial charge is 0.404 e. The van der Waals surface area contributed by atoms with Crippen LogP contribution < -0.4 is 49.5 Å². The molecule has 2 aliphatic rings. The number of nitrogen functional groups attached to an aromatic ring is 1. The van der Waals surface area contributed by atoms with E-state index in [1.807, 2.05) is 0 Å². The Morgan fingerprint density at radius 2 is 1.48 bits per heavy atom. The molecule has 0 saturated carbocycles. The number of amides is 7. The van der Waals surface area contributed by atoms with E-state index in [0.29, 0.717) is 22.3 Å². The largest absolute Gasteiger partial charge is 0.441 e. The van der Waals surface area contributed by atoms with Gasteiger partial charge in [0.05, 0.1) is 79.2 Å². The van der Waals surface area contributed by atoms with Crippen LogP contribution in [0.25, 0.3) is 10.7 Å². The molecular weight excluding hydrogens is 1250 g/mol. The van der Waals surface area contributed by atoms with Crippen LogP contribution >= 0.6 is 22.7 Å². The van der Waals surface area contributed by atoms with Crippen LogP contribution in [0.15, 0.2) is 23.3 Å². The van der Waals surface area contributed by atoms with Crippen molar-refractivity contribution in [1.82, 2.24) is 56.5 Å². The molecule has 18 unspecified atom stereocenters. The standard InChI is InChI=1S/C52H77N15O20S3/c1-19-31(64-43(67-42(19)55)23(53)12-29(54)71)47(80)66-33(39(24-13-57-18-60-24)85-51-41(37(75)35(73)27(14-68)84-51)86-50-38(76)40(87-52(56)82)36(74)28(15-69)83-50)48(81)61-21(3)34(72)20(2)44(77)65-32(22(4)70)46(79)59-10-8-30-62-26(17-88-30)49-63-25(16-89-49)45(78)58-9-7-11-90(5)6/h13,16-18,20-23,27-28,32-41,50-51,68-70,72-76H,7-12,14-15,53H2,1-6H3,(H11-,54,55,56,57,58,59,60,61,64,65,66,67,71,77,78,79,80,81,82)/p+1. The number of aromatic nitrogens is 6. The molecule has 0 aromatic carbocycles. The summed E-state index contributed by atoms with van der Waals surface area (Å²) in [6.07, 6.45) is -19.4. The molecule has 18 atom stereocenters. The first kappa shape index (κ1) is 72.3. The minimum Gasteiger partial charge on any atom is -0.441 e. The van der Waals surface area contributed by atoms with Gasteiger partial charge < -0.3 is 119 Å². The summed E-state index contributed by atoms with van der Waals surface area (Å²) >= 11 is 2.54. The number of primary amides is 2.